The van der Waals surface area contributed by atoms with Crippen LogP contribution in [0, 0.1) is 5.82 Å². The molecule has 0 aliphatic heterocycles. The van der Waals surface area contributed by atoms with Crippen molar-refractivity contribution in [1.29, 1.82) is 0 Å². The van der Waals surface area contributed by atoms with E-state index >= 15 is 0 Å². The van der Waals surface area contributed by atoms with Crippen molar-refractivity contribution in [3.8, 4) is 0 Å². The van der Waals surface area contributed by atoms with Crippen LogP contribution in [0.4, 0.5) is 23.2 Å². The summed E-state index contributed by atoms with van der Waals surface area (Å²) in [5.41, 5.74) is -0.676. The number of aromatic nitrogens is 3. The first-order valence-corrected chi connectivity index (χ1v) is 11.5. The zero-order valence-electron chi connectivity index (χ0n) is 20.8. The highest BCUT2D eigenvalue weighted by atomic mass is 19.4. The van der Waals surface area contributed by atoms with Crippen LogP contribution in [0.5, 0.6) is 0 Å². The third-order valence-electron chi connectivity index (χ3n) is 5.96. The van der Waals surface area contributed by atoms with Crippen LogP contribution in [-0.4, -0.2) is 39.9 Å². The van der Waals surface area contributed by atoms with Gasteiger partial charge in [-0.3, -0.25) is 19.6 Å². The Kier molecular flexibility index (Phi) is 7.32. The van der Waals surface area contributed by atoms with Gasteiger partial charge in [-0.25, -0.2) is 4.39 Å². The van der Waals surface area contributed by atoms with E-state index in [1.807, 2.05) is 13.8 Å². The highest BCUT2D eigenvalue weighted by molar-refractivity contribution is 6.16. The van der Waals surface area contributed by atoms with Crippen LogP contribution in [0.25, 0.3) is 10.9 Å². The molecule has 0 spiro atoms. The van der Waals surface area contributed by atoms with E-state index in [-0.39, 0.29) is 40.9 Å². The molecule has 11 heteroatoms. The molecule has 0 saturated carbocycles. The summed E-state index contributed by atoms with van der Waals surface area (Å²) in [7, 11) is 1.52. The van der Waals surface area contributed by atoms with Crippen molar-refractivity contribution in [3.05, 3.63) is 89.4 Å². The van der Waals surface area contributed by atoms with Crippen LogP contribution < -0.4 is 5.32 Å². The van der Waals surface area contributed by atoms with Crippen molar-refractivity contribution in [1.82, 2.24) is 14.5 Å². The fourth-order valence-electron chi connectivity index (χ4n) is 4.25. The van der Waals surface area contributed by atoms with Crippen LogP contribution in [0.15, 0.2) is 61.3 Å². The van der Waals surface area contributed by atoms with Crippen LogP contribution in [0.2, 0.25) is 0 Å². The van der Waals surface area contributed by atoms with Gasteiger partial charge in [-0.1, -0.05) is 18.2 Å². The van der Waals surface area contributed by atoms with E-state index in [2.05, 4.69) is 15.3 Å². The van der Waals surface area contributed by atoms with Crippen molar-refractivity contribution in [2.45, 2.75) is 32.0 Å². The fraction of sp³-hybridized carbons (Fsp3) is 0.259. The summed E-state index contributed by atoms with van der Waals surface area (Å²) in [4.78, 5) is 33.9. The van der Waals surface area contributed by atoms with Gasteiger partial charge in [0.2, 0.25) is 5.91 Å². The molecule has 0 atom stereocenters. The molecular weight excluding hydrogens is 504 g/mol. The molecule has 0 unspecified atom stereocenters. The number of carbonyl (C=O) groups is 2. The number of methoxy groups -OCH3 is 1. The molecule has 0 bridgehead atoms. The molecule has 3 aromatic heterocycles. The predicted octanol–water partition coefficient (Wildman–Crippen LogP) is 5.38. The normalized spacial score (nSPS) is 12.1. The monoisotopic (exact) mass is 528 g/mol. The van der Waals surface area contributed by atoms with Crippen LogP contribution in [-0.2, 0) is 27.7 Å². The van der Waals surface area contributed by atoms with E-state index in [0.717, 1.165) is 18.3 Å². The summed E-state index contributed by atoms with van der Waals surface area (Å²) in [6.07, 6.45) is 1.79. The van der Waals surface area contributed by atoms with Gasteiger partial charge in [-0.05, 0) is 31.5 Å². The van der Waals surface area contributed by atoms with Gasteiger partial charge in [0.25, 0.3) is 0 Å². The number of anilines is 1. The number of hydrogen-bond donors (Lipinski definition) is 1. The number of nitrogens with one attached hydrogen (secondary N) is 1. The number of benzene rings is 1. The van der Waals surface area contributed by atoms with Gasteiger partial charge in [-0.15, -0.1) is 0 Å². The highest BCUT2D eigenvalue weighted by Gasteiger charge is 2.31. The van der Waals surface area contributed by atoms with E-state index in [0.29, 0.717) is 5.39 Å². The molecule has 3 heterocycles. The molecule has 198 valence electrons. The van der Waals surface area contributed by atoms with E-state index in [1.165, 1.54) is 50.1 Å². The number of rotatable bonds is 8. The number of hydrogen-bond acceptors (Lipinski definition) is 5. The van der Waals surface area contributed by atoms with Crippen molar-refractivity contribution in [2.75, 3.05) is 19.0 Å². The van der Waals surface area contributed by atoms with E-state index in [4.69, 9.17) is 4.74 Å². The number of pyridine rings is 2. The Morgan fingerprint density at radius 3 is 2.50 bits per heavy atom. The molecule has 1 amide bonds. The van der Waals surface area contributed by atoms with E-state index < -0.39 is 34.8 Å². The molecule has 0 saturated heterocycles. The van der Waals surface area contributed by atoms with Gasteiger partial charge in [-0.2, -0.15) is 13.2 Å². The number of halogens is 4. The summed E-state index contributed by atoms with van der Waals surface area (Å²) in [5.74, 6) is -1.66. The Hall–Kier alpha value is -4.12. The second-order valence-corrected chi connectivity index (χ2v) is 9.39. The number of ether oxygens (including phenoxy) is 1. The van der Waals surface area contributed by atoms with Gasteiger partial charge in [0.15, 0.2) is 11.6 Å². The summed E-state index contributed by atoms with van der Waals surface area (Å²) in [6.45, 7) is 3.93. The minimum Gasteiger partial charge on any atom is -0.382 e. The summed E-state index contributed by atoms with van der Waals surface area (Å²) in [5, 5.41) is 2.86. The zero-order valence-corrected chi connectivity index (χ0v) is 20.8. The zero-order chi connectivity index (χ0) is 27.7. The number of ketones is 1. The van der Waals surface area contributed by atoms with E-state index in [9.17, 15) is 27.2 Å². The SMILES string of the molecule is COCC(C)(C)n1cc(C(=O)c2cncc(NC(=O)Cc3cccc(C(F)(F)F)c3)c2)c2cncc(F)c21. The topological polar surface area (TPSA) is 86.1 Å². The number of carbonyl (C=O) groups excluding carboxylic acids is 2. The second-order valence-electron chi connectivity index (χ2n) is 9.39. The lowest BCUT2D eigenvalue weighted by molar-refractivity contribution is -0.137. The third kappa shape index (κ3) is 5.57. The molecule has 4 rings (SSSR count). The standard InChI is InChI=1S/C27H24F4N4O3/c1-26(2,15-38-3)35-14-21(20-12-33-13-22(28)24(20)35)25(37)17-9-19(11-32-10-17)34-23(36)8-16-5-4-6-18(7-16)27(29,30)31/h4-7,9-14H,8,15H2,1-3H3,(H,34,36). The maximum absolute atomic E-state index is 14.8. The number of nitrogens with zero attached hydrogens (tertiary/aromatic N) is 3. The molecule has 1 N–H and O–H groups in total. The molecular formula is C27H24F4N4O3. The van der Waals surface area contributed by atoms with Gasteiger partial charge in [0.05, 0.1) is 47.7 Å². The first-order chi connectivity index (χ1) is 17.9. The quantitative estimate of drug-likeness (QED) is 0.245. The first-order valence-electron chi connectivity index (χ1n) is 11.5. The van der Waals surface area contributed by atoms with Gasteiger partial charge < -0.3 is 14.6 Å². The highest BCUT2D eigenvalue weighted by Crippen LogP contribution is 2.31. The Morgan fingerprint density at radius 2 is 1.79 bits per heavy atom. The maximum atomic E-state index is 14.8. The smallest absolute Gasteiger partial charge is 0.382 e. The lowest BCUT2D eigenvalue weighted by Gasteiger charge is -2.27. The van der Waals surface area contributed by atoms with Crippen molar-refractivity contribution in [3.63, 3.8) is 0 Å². The Labute approximate surface area is 215 Å². The van der Waals surface area contributed by atoms with Gasteiger partial charge in [0.1, 0.15) is 0 Å². The molecule has 0 aliphatic carbocycles. The molecule has 0 radical (unpaired) electrons. The van der Waals surface area contributed by atoms with Gasteiger partial charge in [0, 0.05) is 42.2 Å². The second kappa shape index (κ2) is 10.3. The molecule has 0 aliphatic rings. The minimum absolute atomic E-state index is 0.120. The fourth-order valence-corrected chi connectivity index (χ4v) is 4.25. The predicted molar refractivity (Wildman–Crippen MR) is 132 cm³/mol. The largest absolute Gasteiger partial charge is 0.416 e. The number of fused-ring (bicyclic) bond motifs is 1. The lowest BCUT2D eigenvalue weighted by atomic mass is 10.0. The molecule has 0 fully saturated rings. The summed E-state index contributed by atoms with van der Waals surface area (Å²) < 4.78 is 60.6. The third-order valence-corrected chi connectivity index (χ3v) is 5.96. The number of amides is 1. The summed E-state index contributed by atoms with van der Waals surface area (Å²) in [6, 6.07) is 5.88. The Balaban J connectivity index is 1.60. The Bertz CT molecular complexity index is 1510. The van der Waals surface area contributed by atoms with E-state index in [1.54, 1.807) is 4.57 Å². The van der Waals surface area contributed by atoms with Crippen molar-refractivity contribution < 1.29 is 31.9 Å². The molecule has 7 nitrogen and oxygen atoms in total. The number of alkyl halides is 3. The van der Waals surface area contributed by atoms with Crippen LogP contribution in [0.3, 0.4) is 0 Å². The van der Waals surface area contributed by atoms with Gasteiger partial charge >= 0.3 is 6.18 Å². The molecule has 1 aromatic carbocycles. The minimum atomic E-state index is -4.52. The lowest BCUT2D eigenvalue weighted by Crippen LogP contribution is -2.31. The van der Waals surface area contributed by atoms with Crippen LogP contribution >= 0.6 is 0 Å². The maximum Gasteiger partial charge on any atom is 0.416 e. The first kappa shape index (κ1) is 26.9. The summed E-state index contributed by atoms with van der Waals surface area (Å²) >= 11 is 0. The van der Waals surface area contributed by atoms with Crippen LogP contribution in [0.1, 0.15) is 40.9 Å². The molecule has 4 aromatic rings. The average Bonchev–Trinajstić information content (AvgIpc) is 3.25. The average molecular weight is 529 g/mol. The van der Waals surface area contributed by atoms with Crippen molar-refractivity contribution in [2.24, 2.45) is 0 Å². The van der Waals surface area contributed by atoms with Crippen molar-refractivity contribution >= 4 is 28.3 Å². The Morgan fingerprint density at radius 1 is 1.05 bits per heavy atom. The molecule has 38 heavy (non-hydrogen) atoms.